The lowest BCUT2D eigenvalue weighted by Crippen LogP contribution is -2.17. The van der Waals surface area contributed by atoms with E-state index in [1.54, 1.807) is 37.0 Å². The smallest absolute Gasteiger partial charge is 0.342 e. The summed E-state index contributed by atoms with van der Waals surface area (Å²) in [6.45, 7) is 0.342. The molecule has 0 bridgehead atoms. The molecule has 0 amide bonds. The van der Waals surface area contributed by atoms with Crippen LogP contribution in [0, 0.1) is 0 Å². The first-order valence-electron chi connectivity index (χ1n) is 10.5. The van der Waals surface area contributed by atoms with Crippen molar-refractivity contribution in [1.29, 1.82) is 0 Å². The van der Waals surface area contributed by atoms with Gasteiger partial charge < -0.3 is 20.1 Å². The summed E-state index contributed by atoms with van der Waals surface area (Å²) in [5, 5.41) is 4.67. The Kier molecular flexibility index (Phi) is 6.67. The molecule has 10 nitrogen and oxygen atoms in total. The van der Waals surface area contributed by atoms with Crippen LogP contribution in [0.4, 0.5) is 11.9 Å². The molecule has 2 aromatic carbocycles. The van der Waals surface area contributed by atoms with E-state index in [1.165, 1.54) is 0 Å². The van der Waals surface area contributed by atoms with Crippen molar-refractivity contribution in [2.45, 2.75) is 13.2 Å². The number of rotatable bonds is 8. The highest BCUT2D eigenvalue weighted by Gasteiger charge is 2.21. The van der Waals surface area contributed by atoms with Gasteiger partial charge in [0.1, 0.15) is 17.0 Å². The summed E-state index contributed by atoms with van der Waals surface area (Å²) < 4.78 is 12.6. The average molecular weight is 460 g/mol. The summed E-state index contributed by atoms with van der Waals surface area (Å²) in [5.41, 5.74) is 8.36. The Balaban J connectivity index is 1.63. The number of benzene rings is 2. The maximum Gasteiger partial charge on any atom is 0.342 e. The van der Waals surface area contributed by atoms with Crippen LogP contribution in [0.15, 0.2) is 60.8 Å². The molecule has 0 unspecified atom stereocenters. The zero-order valence-electron chi connectivity index (χ0n) is 19.2. The van der Waals surface area contributed by atoms with Crippen LogP contribution in [0.25, 0.3) is 11.3 Å². The summed E-state index contributed by atoms with van der Waals surface area (Å²) >= 11 is 0. The minimum atomic E-state index is -0.553. The normalized spacial score (nSPS) is 10.7. The van der Waals surface area contributed by atoms with Crippen LogP contribution < -0.4 is 15.4 Å². The van der Waals surface area contributed by atoms with E-state index in [0.29, 0.717) is 29.5 Å². The molecular weight excluding hydrogens is 434 g/mol. The number of aromatic nitrogens is 5. The second-order valence-corrected chi connectivity index (χ2v) is 7.69. The van der Waals surface area contributed by atoms with Gasteiger partial charge in [-0.1, -0.05) is 42.5 Å². The summed E-state index contributed by atoms with van der Waals surface area (Å²) in [5.74, 6) is 0.793. The predicted molar refractivity (Wildman–Crippen MR) is 127 cm³/mol. The summed E-state index contributed by atoms with van der Waals surface area (Å²) in [7, 11) is 5.16. The van der Waals surface area contributed by atoms with E-state index in [0.717, 1.165) is 11.1 Å². The molecule has 34 heavy (non-hydrogen) atoms. The van der Waals surface area contributed by atoms with Crippen LogP contribution in [-0.4, -0.2) is 51.9 Å². The Labute approximate surface area is 197 Å². The van der Waals surface area contributed by atoms with Crippen molar-refractivity contribution in [3.63, 3.8) is 0 Å². The number of carbonyl (C=O) groups is 1. The molecule has 0 saturated carbocycles. The molecule has 2 aromatic heterocycles. The molecule has 0 spiro atoms. The fourth-order valence-electron chi connectivity index (χ4n) is 3.30. The van der Waals surface area contributed by atoms with Crippen molar-refractivity contribution in [3.05, 3.63) is 77.7 Å². The number of nitrogen functional groups attached to an aromatic ring is 1. The van der Waals surface area contributed by atoms with Gasteiger partial charge in [0.25, 0.3) is 0 Å². The first-order chi connectivity index (χ1) is 16.4. The highest BCUT2D eigenvalue weighted by molar-refractivity contribution is 5.96. The first kappa shape index (κ1) is 22.7. The summed E-state index contributed by atoms with van der Waals surface area (Å²) in [4.78, 5) is 27.2. The number of esters is 1. The highest BCUT2D eigenvalue weighted by atomic mass is 16.5. The number of nitrogens with zero attached hydrogens (tertiary/aromatic N) is 6. The van der Waals surface area contributed by atoms with Crippen molar-refractivity contribution in [3.8, 4) is 17.0 Å². The zero-order valence-corrected chi connectivity index (χ0v) is 19.2. The van der Waals surface area contributed by atoms with Gasteiger partial charge in [-0.3, -0.25) is 4.68 Å². The largest absolute Gasteiger partial charge is 0.497 e. The fourth-order valence-corrected chi connectivity index (χ4v) is 3.30. The fraction of sp³-hybridized carbons (Fsp3) is 0.208. The Bertz CT molecular complexity index is 1290. The van der Waals surface area contributed by atoms with Gasteiger partial charge >= 0.3 is 5.97 Å². The third kappa shape index (κ3) is 5.29. The average Bonchev–Trinajstić information content (AvgIpc) is 3.26. The Morgan fingerprint density at radius 3 is 2.59 bits per heavy atom. The molecule has 0 atom stereocenters. The van der Waals surface area contributed by atoms with E-state index in [-0.39, 0.29) is 18.4 Å². The third-order valence-corrected chi connectivity index (χ3v) is 4.93. The van der Waals surface area contributed by atoms with E-state index in [9.17, 15) is 4.79 Å². The molecule has 0 radical (unpaired) electrons. The SMILES string of the molecule is COc1cccc(-c2nn(Cc3ccccc3)cc2C(=O)OCc2nc(N)nc(N(C)C)n2)c1. The van der Waals surface area contributed by atoms with Crippen molar-refractivity contribution in [2.75, 3.05) is 31.8 Å². The van der Waals surface area contributed by atoms with Crippen LogP contribution in [0.5, 0.6) is 5.75 Å². The molecule has 4 rings (SSSR count). The van der Waals surface area contributed by atoms with E-state index in [1.807, 2.05) is 54.6 Å². The summed E-state index contributed by atoms with van der Waals surface area (Å²) in [6.07, 6.45) is 1.68. The van der Waals surface area contributed by atoms with Crippen molar-refractivity contribution >= 4 is 17.9 Å². The van der Waals surface area contributed by atoms with Gasteiger partial charge in [-0.2, -0.15) is 20.1 Å². The van der Waals surface area contributed by atoms with E-state index in [2.05, 4.69) is 20.1 Å². The van der Waals surface area contributed by atoms with Crippen molar-refractivity contribution in [2.24, 2.45) is 0 Å². The van der Waals surface area contributed by atoms with Gasteiger partial charge in [0.15, 0.2) is 12.4 Å². The quantitative estimate of drug-likeness (QED) is 0.396. The molecule has 2 heterocycles. The number of anilines is 2. The predicted octanol–water partition coefficient (Wildman–Crippen LogP) is 2.80. The third-order valence-electron chi connectivity index (χ3n) is 4.93. The van der Waals surface area contributed by atoms with Gasteiger partial charge in [0.2, 0.25) is 11.9 Å². The zero-order chi connectivity index (χ0) is 24.1. The first-order valence-corrected chi connectivity index (χ1v) is 10.5. The van der Waals surface area contributed by atoms with Gasteiger partial charge in [0, 0.05) is 25.9 Å². The molecule has 4 aromatic rings. The molecular formula is C24H25N7O3. The number of hydrogen-bond acceptors (Lipinski definition) is 9. The molecule has 0 fully saturated rings. The van der Waals surface area contributed by atoms with Crippen molar-refractivity contribution < 1.29 is 14.3 Å². The topological polar surface area (TPSA) is 121 Å². The number of hydrogen-bond donors (Lipinski definition) is 1. The molecule has 174 valence electrons. The second-order valence-electron chi connectivity index (χ2n) is 7.69. The van der Waals surface area contributed by atoms with Crippen LogP contribution in [-0.2, 0) is 17.9 Å². The maximum atomic E-state index is 13.1. The lowest BCUT2D eigenvalue weighted by Gasteiger charge is -2.11. The van der Waals surface area contributed by atoms with Crippen LogP contribution in [0.1, 0.15) is 21.7 Å². The standard InChI is InChI=1S/C24H25N7O3/c1-30(2)24-27-20(26-23(25)28-24)15-34-22(32)19-14-31(13-16-8-5-4-6-9-16)29-21(19)17-10-7-11-18(12-17)33-3/h4-12,14H,13,15H2,1-3H3,(H2,25,26,27,28). The number of methoxy groups -OCH3 is 1. The summed E-state index contributed by atoms with van der Waals surface area (Å²) in [6, 6.07) is 17.2. The minimum Gasteiger partial charge on any atom is -0.497 e. The monoisotopic (exact) mass is 459 g/mol. The lowest BCUT2D eigenvalue weighted by atomic mass is 10.1. The van der Waals surface area contributed by atoms with Crippen LogP contribution >= 0.6 is 0 Å². The Morgan fingerprint density at radius 1 is 1.06 bits per heavy atom. The lowest BCUT2D eigenvalue weighted by molar-refractivity contribution is 0.0463. The van der Waals surface area contributed by atoms with Gasteiger partial charge in [-0.15, -0.1) is 0 Å². The van der Waals surface area contributed by atoms with Crippen LogP contribution in [0.2, 0.25) is 0 Å². The Hall–Kier alpha value is -4.47. The molecule has 0 aliphatic carbocycles. The van der Waals surface area contributed by atoms with E-state index < -0.39 is 5.97 Å². The van der Waals surface area contributed by atoms with Gasteiger partial charge in [0.05, 0.1) is 13.7 Å². The van der Waals surface area contributed by atoms with E-state index >= 15 is 0 Å². The molecule has 10 heteroatoms. The molecule has 0 aliphatic rings. The number of carbonyl (C=O) groups excluding carboxylic acids is 1. The maximum absolute atomic E-state index is 13.1. The van der Waals surface area contributed by atoms with Crippen molar-refractivity contribution in [1.82, 2.24) is 24.7 Å². The highest BCUT2D eigenvalue weighted by Crippen LogP contribution is 2.27. The number of ether oxygens (including phenoxy) is 2. The Morgan fingerprint density at radius 2 is 1.85 bits per heavy atom. The van der Waals surface area contributed by atoms with Gasteiger partial charge in [-0.05, 0) is 17.7 Å². The molecule has 0 aliphatic heterocycles. The number of nitrogens with two attached hydrogens (primary N) is 1. The molecule has 2 N–H and O–H groups in total. The van der Waals surface area contributed by atoms with Gasteiger partial charge in [-0.25, -0.2) is 4.79 Å². The molecule has 0 saturated heterocycles. The van der Waals surface area contributed by atoms with Crippen LogP contribution in [0.3, 0.4) is 0 Å². The van der Waals surface area contributed by atoms with E-state index in [4.69, 9.17) is 15.2 Å². The minimum absolute atomic E-state index is 0.0532. The second kappa shape index (κ2) is 9.99.